The van der Waals surface area contributed by atoms with Crippen LogP contribution in [0.5, 0.6) is 0 Å². The highest BCUT2D eigenvalue weighted by Gasteiger charge is 2.30. The van der Waals surface area contributed by atoms with Gasteiger partial charge in [-0.1, -0.05) is 18.2 Å². The van der Waals surface area contributed by atoms with Gasteiger partial charge in [-0.15, -0.1) is 0 Å². The van der Waals surface area contributed by atoms with Crippen molar-refractivity contribution in [1.82, 2.24) is 9.71 Å². The van der Waals surface area contributed by atoms with Crippen LogP contribution in [0, 0.1) is 0 Å². The van der Waals surface area contributed by atoms with Crippen molar-refractivity contribution in [3.63, 3.8) is 0 Å². The number of hydrogen-bond donors (Lipinski definition) is 3. The van der Waals surface area contributed by atoms with Gasteiger partial charge < -0.3 is 14.5 Å². The molecule has 0 saturated carbocycles. The molecule has 0 aliphatic carbocycles. The summed E-state index contributed by atoms with van der Waals surface area (Å²) in [5.41, 5.74) is 1.33. The quantitative estimate of drug-likeness (QED) is 0.567. The summed E-state index contributed by atoms with van der Waals surface area (Å²) in [4.78, 5) is 3.71. The van der Waals surface area contributed by atoms with Crippen LogP contribution in [-0.2, 0) is 16.4 Å². The first kappa shape index (κ1) is 16.7. The molecule has 124 valence electrons. The molecule has 0 aliphatic heterocycles. The van der Waals surface area contributed by atoms with E-state index in [0.29, 0.717) is 11.1 Å². The summed E-state index contributed by atoms with van der Waals surface area (Å²) in [7, 11) is -5.79. The normalized spacial score (nSPS) is 13.1. The first-order valence-electron chi connectivity index (χ1n) is 7.21. The lowest BCUT2D eigenvalue weighted by Crippen LogP contribution is -2.47. The van der Waals surface area contributed by atoms with E-state index < -0.39 is 23.1 Å². The maximum atomic E-state index is 12.3. The summed E-state index contributed by atoms with van der Waals surface area (Å²) in [6, 6.07) is 10.1. The Balaban J connectivity index is 1.86. The summed E-state index contributed by atoms with van der Waals surface area (Å²) >= 11 is 0. The zero-order chi connectivity index (χ0) is 17.2. The maximum absolute atomic E-state index is 12.3. The SMILES string of the molecule is O=S(=O)(N[C@@H](Cc1coc2ccccc12)B(O)O)c1cccnc1. The predicted molar refractivity (Wildman–Crippen MR) is 88.5 cm³/mol. The Kier molecular flexibility index (Phi) is 4.67. The number of hydrogen-bond acceptors (Lipinski definition) is 6. The standard InChI is InChI=1S/C15H15BN2O5S/c19-16(20)15(18-24(21,22)12-4-3-7-17-9-12)8-11-10-23-14-6-2-1-5-13(11)14/h1-7,9-10,15,18-20H,8H2/t15-/m0/s1. The zero-order valence-electron chi connectivity index (χ0n) is 12.5. The van der Waals surface area contributed by atoms with E-state index in [9.17, 15) is 18.5 Å². The van der Waals surface area contributed by atoms with Gasteiger partial charge in [-0.05, 0) is 30.2 Å². The van der Waals surface area contributed by atoms with Crippen LogP contribution in [0.15, 0.2) is 64.4 Å². The average Bonchev–Trinajstić information content (AvgIpc) is 2.98. The molecule has 3 rings (SSSR count). The second-order valence-corrected chi connectivity index (χ2v) is 7.01. The number of fused-ring (bicyclic) bond motifs is 1. The highest BCUT2D eigenvalue weighted by molar-refractivity contribution is 7.89. The minimum Gasteiger partial charge on any atom is -0.464 e. The van der Waals surface area contributed by atoms with Gasteiger partial charge in [-0.25, -0.2) is 13.1 Å². The molecule has 0 fully saturated rings. The molecule has 0 bridgehead atoms. The molecule has 3 aromatic rings. The van der Waals surface area contributed by atoms with Crippen LogP contribution >= 0.6 is 0 Å². The fourth-order valence-corrected chi connectivity index (χ4v) is 3.61. The first-order valence-corrected chi connectivity index (χ1v) is 8.69. The van der Waals surface area contributed by atoms with Crippen molar-refractivity contribution in [2.24, 2.45) is 0 Å². The number of pyridine rings is 1. The molecular weight excluding hydrogens is 331 g/mol. The van der Waals surface area contributed by atoms with Crippen LogP contribution in [0.4, 0.5) is 0 Å². The van der Waals surface area contributed by atoms with Crippen molar-refractivity contribution in [3.8, 4) is 0 Å². The Morgan fingerprint density at radius 1 is 1.21 bits per heavy atom. The van der Waals surface area contributed by atoms with Crippen LogP contribution < -0.4 is 4.72 Å². The van der Waals surface area contributed by atoms with Gasteiger partial charge in [-0.2, -0.15) is 0 Å². The summed E-state index contributed by atoms with van der Waals surface area (Å²) in [6.45, 7) is 0. The van der Waals surface area contributed by atoms with E-state index in [1.165, 1.54) is 30.8 Å². The summed E-state index contributed by atoms with van der Waals surface area (Å²) in [6.07, 6.45) is 4.19. The molecule has 2 aromatic heterocycles. The van der Waals surface area contributed by atoms with E-state index in [-0.39, 0.29) is 11.3 Å². The molecule has 24 heavy (non-hydrogen) atoms. The number of para-hydroxylation sites is 1. The molecule has 0 radical (unpaired) electrons. The number of rotatable bonds is 6. The van der Waals surface area contributed by atoms with Gasteiger partial charge in [0.15, 0.2) is 0 Å². The minimum atomic E-state index is -3.92. The Morgan fingerprint density at radius 2 is 2.00 bits per heavy atom. The second kappa shape index (κ2) is 6.74. The van der Waals surface area contributed by atoms with Gasteiger partial charge in [0.25, 0.3) is 0 Å². The lowest BCUT2D eigenvalue weighted by Gasteiger charge is -2.17. The summed E-state index contributed by atoms with van der Waals surface area (Å²) in [5.74, 6) is -1.13. The van der Waals surface area contributed by atoms with Crippen LogP contribution in [0.1, 0.15) is 5.56 Å². The van der Waals surface area contributed by atoms with Crippen molar-refractivity contribution in [1.29, 1.82) is 0 Å². The number of nitrogens with zero attached hydrogens (tertiary/aromatic N) is 1. The summed E-state index contributed by atoms with van der Waals surface area (Å²) in [5, 5.41) is 19.9. The van der Waals surface area contributed by atoms with Crippen molar-refractivity contribution >= 4 is 28.1 Å². The minimum absolute atomic E-state index is 0.0484. The fraction of sp³-hybridized carbons (Fsp3) is 0.133. The molecule has 1 aromatic carbocycles. The number of aromatic nitrogens is 1. The third kappa shape index (κ3) is 3.49. The third-order valence-corrected chi connectivity index (χ3v) is 5.09. The Hall–Kier alpha value is -2.20. The van der Waals surface area contributed by atoms with Gasteiger partial charge in [0.2, 0.25) is 10.0 Å². The second-order valence-electron chi connectivity index (χ2n) is 5.29. The van der Waals surface area contributed by atoms with E-state index in [1.54, 1.807) is 6.07 Å². The van der Waals surface area contributed by atoms with Crippen molar-refractivity contribution < 1.29 is 22.9 Å². The van der Waals surface area contributed by atoms with Crippen molar-refractivity contribution in [2.75, 3.05) is 0 Å². The number of sulfonamides is 1. The predicted octanol–water partition coefficient (Wildman–Crippen LogP) is 0.729. The first-order chi connectivity index (χ1) is 11.5. The van der Waals surface area contributed by atoms with Crippen LogP contribution in [-0.4, -0.2) is 36.5 Å². The van der Waals surface area contributed by atoms with E-state index in [4.69, 9.17) is 4.42 Å². The molecule has 9 heteroatoms. The van der Waals surface area contributed by atoms with Crippen LogP contribution in [0.3, 0.4) is 0 Å². The summed E-state index contributed by atoms with van der Waals surface area (Å²) < 4.78 is 32.4. The molecule has 3 N–H and O–H groups in total. The van der Waals surface area contributed by atoms with Gasteiger partial charge in [-0.3, -0.25) is 4.98 Å². The van der Waals surface area contributed by atoms with Crippen LogP contribution in [0.25, 0.3) is 11.0 Å². The highest BCUT2D eigenvalue weighted by atomic mass is 32.2. The van der Waals surface area contributed by atoms with Crippen molar-refractivity contribution in [3.05, 3.63) is 60.6 Å². The fourth-order valence-electron chi connectivity index (χ4n) is 2.41. The highest BCUT2D eigenvalue weighted by Crippen LogP contribution is 2.22. The molecule has 7 nitrogen and oxygen atoms in total. The zero-order valence-corrected chi connectivity index (χ0v) is 13.3. The number of nitrogens with one attached hydrogen (secondary N) is 1. The van der Waals surface area contributed by atoms with Gasteiger partial charge in [0.1, 0.15) is 10.5 Å². The lowest BCUT2D eigenvalue weighted by molar-refractivity contribution is 0.379. The van der Waals surface area contributed by atoms with Gasteiger partial charge >= 0.3 is 7.12 Å². The molecule has 2 heterocycles. The monoisotopic (exact) mass is 346 g/mol. The smallest absolute Gasteiger partial charge is 0.464 e. The molecule has 0 saturated heterocycles. The lowest BCUT2D eigenvalue weighted by atomic mass is 9.77. The Labute approximate surface area is 139 Å². The molecule has 0 spiro atoms. The van der Waals surface area contributed by atoms with Gasteiger partial charge in [0, 0.05) is 17.8 Å². The van der Waals surface area contributed by atoms with Crippen molar-refractivity contribution in [2.45, 2.75) is 17.3 Å². The molecule has 0 amide bonds. The molecule has 0 unspecified atom stereocenters. The Morgan fingerprint density at radius 3 is 2.71 bits per heavy atom. The Bertz CT molecular complexity index is 927. The van der Waals surface area contributed by atoms with Crippen LogP contribution in [0.2, 0.25) is 0 Å². The van der Waals surface area contributed by atoms with E-state index in [0.717, 1.165) is 5.39 Å². The maximum Gasteiger partial charge on any atom is 0.471 e. The van der Waals surface area contributed by atoms with E-state index >= 15 is 0 Å². The van der Waals surface area contributed by atoms with Gasteiger partial charge in [0.05, 0.1) is 12.2 Å². The van der Waals surface area contributed by atoms with E-state index in [2.05, 4.69) is 9.71 Å². The number of benzene rings is 1. The number of furan rings is 1. The largest absolute Gasteiger partial charge is 0.471 e. The van der Waals surface area contributed by atoms with E-state index in [1.807, 2.05) is 18.2 Å². The average molecular weight is 346 g/mol. The molecular formula is C15H15BN2O5S. The topological polar surface area (TPSA) is 113 Å². The molecule has 1 atom stereocenters. The third-order valence-electron chi connectivity index (χ3n) is 3.61. The molecule has 0 aliphatic rings.